The van der Waals surface area contributed by atoms with E-state index < -0.39 is 0 Å². The molecule has 3 heterocycles. The van der Waals surface area contributed by atoms with Gasteiger partial charge >= 0.3 is 0 Å². The number of nitrogens with zero attached hydrogens (tertiary/aromatic N) is 4. The topological polar surface area (TPSA) is 68.8 Å². The fourth-order valence-electron chi connectivity index (χ4n) is 4.43. The normalized spacial score (nSPS) is 18.2. The Hall–Kier alpha value is -2.29. The van der Waals surface area contributed by atoms with Gasteiger partial charge in [-0.05, 0) is 31.9 Å². The lowest BCUT2D eigenvalue weighted by molar-refractivity contribution is -0.132. The predicted molar refractivity (Wildman–Crippen MR) is 132 cm³/mol. The first-order chi connectivity index (χ1) is 16.0. The fourth-order valence-corrected chi connectivity index (χ4v) is 5.21. The lowest BCUT2D eigenvalue weighted by Gasteiger charge is -2.35. The van der Waals surface area contributed by atoms with Gasteiger partial charge < -0.3 is 10.2 Å². The van der Waals surface area contributed by atoms with Crippen molar-refractivity contribution < 1.29 is 9.59 Å². The monoisotopic (exact) mass is 469 g/mol. The zero-order valence-corrected chi connectivity index (χ0v) is 20.4. The van der Waals surface area contributed by atoms with Gasteiger partial charge in [0.1, 0.15) is 5.01 Å². The number of carbonyl (C=O) groups is 2. The van der Waals surface area contributed by atoms with E-state index in [1.165, 1.54) is 18.4 Å². The van der Waals surface area contributed by atoms with Gasteiger partial charge in [-0.2, -0.15) is 0 Å². The van der Waals surface area contributed by atoms with Crippen LogP contribution in [0.1, 0.15) is 41.9 Å². The number of anilines is 1. The highest BCUT2D eigenvalue weighted by atomic mass is 32.1. The van der Waals surface area contributed by atoms with E-state index >= 15 is 0 Å². The molecule has 2 saturated heterocycles. The molecule has 2 aliphatic heterocycles. The van der Waals surface area contributed by atoms with Crippen LogP contribution in [0.4, 0.5) is 5.69 Å². The molecule has 1 aromatic carbocycles. The maximum atomic E-state index is 12.6. The third-order valence-electron chi connectivity index (χ3n) is 6.41. The molecule has 0 saturated carbocycles. The van der Waals surface area contributed by atoms with Crippen molar-refractivity contribution in [2.24, 2.45) is 0 Å². The Kier molecular flexibility index (Phi) is 8.47. The number of aryl methyl sites for hydroxylation is 1. The Morgan fingerprint density at radius 3 is 2.30 bits per heavy atom. The van der Waals surface area contributed by atoms with Crippen LogP contribution >= 0.6 is 11.3 Å². The van der Waals surface area contributed by atoms with E-state index in [-0.39, 0.29) is 5.91 Å². The first kappa shape index (κ1) is 23.9. The summed E-state index contributed by atoms with van der Waals surface area (Å²) in [5.41, 5.74) is 3.00. The van der Waals surface area contributed by atoms with Gasteiger partial charge in [-0.15, -0.1) is 11.3 Å². The van der Waals surface area contributed by atoms with Crippen LogP contribution in [0, 0.1) is 6.92 Å². The van der Waals surface area contributed by atoms with Gasteiger partial charge in [0, 0.05) is 56.9 Å². The number of rotatable bonds is 7. The average Bonchev–Trinajstić information content (AvgIpc) is 3.06. The second-order valence-corrected chi connectivity index (χ2v) is 10.1. The molecule has 0 spiro atoms. The van der Waals surface area contributed by atoms with Crippen LogP contribution in [-0.4, -0.2) is 77.3 Å². The third-order valence-corrected chi connectivity index (χ3v) is 7.31. The standard InChI is InChI=1S/C25H35N5O2S/c1-20-6-8-21(9-7-20)26-23(31)16-24-27-22(19-33-24)17-28-12-14-29(15-13-28)18-25(32)30-10-4-2-3-5-11-30/h6-9,19H,2-5,10-18H2,1H3,(H,26,31). The van der Waals surface area contributed by atoms with Crippen molar-refractivity contribution in [2.45, 2.75) is 45.6 Å². The van der Waals surface area contributed by atoms with Crippen molar-refractivity contribution in [3.05, 3.63) is 45.9 Å². The van der Waals surface area contributed by atoms with Gasteiger partial charge in [0.05, 0.1) is 18.7 Å². The lowest BCUT2D eigenvalue weighted by Crippen LogP contribution is -2.49. The molecule has 0 atom stereocenters. The zero-order valence-electron chi connectivity index (χ0n) is 19.6. The molecular formula is C25H35N5O2S. The van der Waals surface area contributed by atoms with E-state index in [1.807, 2.05) is 31.2 Å². The quantitative estimate of drug-likeness (QED) is 0.675. The fraction of sp³-hybridized carbons (Fsp3) is 0.560. The molecule has 33 heavy (non-hydrogen) atoms. The summed E-state index contributed by atoms with van der Waals surface area (Å²) in [5.74, 6) is 0.251. The van der Waals surface area contributed by atoms with Crippen LogP contribution in [0.15, 0.2) is 29.6 Å². The second kappa shape index (κ2) is 11.7. The number of likely N-dealkylation sites (tertiary alicyclic amines) is 1. The number of carbonyl (C=O) groups excluding carboxylic acids is 2. The highest BCUT2D eigenvalue weighted by Gasteiger charge is 2.23. The van der Waals surface area contributed by atoms with E-state index in [0.29, 0.717) is 18.9 Å². The van der Waals surface area contributed by atoms with Crippen molar-refractivity contribution in [1.82, 2.24) is 19.7 Å². The highest BCUT2D eigenvalue weighted by Crippen LogP contribution is 2.16. The maximum Gasteiger partial charge on any atom is 0.236 e. The van der Waals surface area contributed by atoms with Gasteiger partial charge in [-0.3, -0.25) is 19.4 Å². The molecule has 0 aliphatic carbocycles. The SMILES string of the molecule is Cc1ccc(NC(=O)Cc2nc(CN3CCN(CC(=O)N4CCCCCC4)CC3)cs2)cc1. The van der Waals surface area contributed by atoms with Crippen LogP contribution in [0.5, 0.6) is 0 Å². The van der Waals surface area contributed by atoms with Gasteiger partial charge in [-0.25, -0.2) is 4.98 Å². The molecule has 178 valence electrons. The van der Waals surface area contributed by atoms with Gasteiger partial charge in [0.2, 0.25) is 11.8 Å². The van der Waals surface area contributed by atoms with E-state index in [1.54, 1.807) is 11.3 Å². The van der Waals surface area contributed by atoms with Crippen molar-refractivity contribution in [3.63, 3.8) is 0 Å². The Bertz CT molecular complexity index is 913. The minimum absolute atomic E-state index is 0.0394. The largest absolute Gasteiger partial charge is 0.342 e. The summed E-state index contributed by atoms with van der Waals surface area (Å²) in [6.07, 6.45) is 5.08. The minimum Gasteiger partial charge on any atom is -0.342 e. The van der Waals surface area contributed by atoms with Crippen molar-refractivity contribution in [2.75, 3.05) is 51.1 Å². The summed E-state index contributed by atoms with van der Waals surface area (Å²) in [4.78, 5) is 36.4. The molecule has 2 fully saturated rings. The van der Waals surface area contributed by atoms with Crippen molar-refractivity contribution in [1.29, 1.82) is 0 Å². The Morgan fingerprint density at radius 1 is 0.939 bits per heavy atom. The summed E-state index contributed by atoms with van der Waals surface area (Å²) < 4.78 is 0. The first-order valence-electron chi connectivity index (χ1n) is 12.1. The van der Waals surface area contributed by atoms with Crippen LogP contribution in [0.25, 0.3) is 0 Å². The number of aromatic nitrogens is 1. The van der Waals surface area contributed by atoms with E-state index in [0.717, 1.165) is 75.0 Å². The molecular weight excluding hydrogens is 434 g/mol. The zero-order chi connectivity index (χ0) is 23.0. The second-order valence-electron chi connectivity index (χ2n) is 9.17. The summed E-state index contributed by atoms with van der Waals surface area (Å²) in [7, 11) is 0. The van der Waals surface area contributed by atoms with E-state index in [9.17, 15) is 9.59 Å². The first-order valence-corrected chi connectivity index (χ1v) is 13.0. The van der Waals surface area contributed by atoms with Gasteiger partial charge in [0.25, 0.3) is 0 Å². The van der Waals surface area contributed by atoms with Crippen LogP contribution in [0.3, 0.4) is 0 Å². The molecule has 4 rings (SSSR count). The van der Waals surface area contributed by atoms with Crippen LogP contribution in [0.2, 0.25) is 0 Å². The molecule has 2 aliphatic rings. The van der Waals surface area contributed by atoms with E-state index in [4.69, 9.17) is 0 Å². The molecule has 0 radical (unpaired) electrons. The predicted octanol–water partition coefficient (Wildman–Crippen LogP) is 3.15. The number of hydrogen-bond donors (Lipinski definition) is 1. The van der Waals surface area contributed by atoms with Gasteiger partial charge in [-0.1, -0.05) is 30.5 Å². The van der Waals surface area contributed by atoms with Crippen molar-refractivity contribution >= 4 is 28.8 Å². The lowest BCUT2D eigenvalue weighted by atomic mass is 10.2. The number of amides is 2. The summed E-state index contributed by atoms with van der Waals surface area (Å²) in [6, 6.07) is 7.81. The van der Waals surface area contributed by atoms with Crippen molar-refractivity contribution in [3.8, 4) is 0 Å². The number of piperazine rings is 1. The van der Waals surface area contributed by atoms with Crippen LogP contribution in [-0.2, 0) is 22.6 Å². The number of benzene rings is 1. The average molecular weight is 470 g/mol. The Labute approximate surface area is 200 Å². The molecule has 1 N–H and O–H groups in total. The summed E-state index contributed by atoms with van der Waals surface area (Å²) in [5, 5.41) is 5.84. The smallest absolute Gasteiger partial charge is 0.236 e. The molecule has 1 aromatic heterocycles. The van der Waals surface area contributed by atoms with E-state index in [2.05, 4.69) is 30.4 Å². The Morgan fingerprint density at radius 2 is 1.61 bits per heavy atom. The molecule has 0 bridgehead atoms. The summed E-state index contributed by atoms with van der Waals surface area (Å²) in [6.45, 7) is 8.92. The minimum atomic E-state index is -0.0394. The molecule has 8 heteroatoms. The van der Waals surface area contributed by atoms with Gasteiger partial charge in [0.15, 0.2) is 0 Å². The van der Waals surface area contributed by atoms with Crippen LogP contribution < -0.4 is 5.32 Å². The number of thiazole rings is 1. The molecule has 7 nitrogen and oxygen atoms in total. The molecule has 2 aromatic rings. The summed E-state index contributed by atoms with van der Waals surface area (Å²) >= 11 is 1.55. The maximum absolute atomic E-state index is 12.6. The molecule has 2 amide bonds. The number of hydrogen-bond acceptors (Lipinski definition) is 6. The third kappa shape index (κ3) is 7.35. The highest BCUT2D eigenvalue weighted by molar-refractivity contribution is 7.09. The number of nitrogens with one attached hydrogen (secondary N) is 1. The molecule has 0 unspecified atom stereocenters. The Balaban J connectivity index is 1.18.